The summed E-state index contributed by atoms with van der Waals surface area (Å²) in [4.78, 5) is 4.15. The summed E-state index contributed by atoms with van der Waals surface area (Å²) in [7, 11) is 0. The Morgan fingerprint density at radius 3 is 2.83 bits per heavy atom. The van der Waals surface area contributed by atoms with Crippen LogP contribution in [0, 0.1) is 12.3 Å². The zero-order valence-corrected chi connectivity index (χ0v) is 7.12. The van der Waals surface area contributed by atoms with E-state index in [0.29, 0.717) is 0 Å². The molecule has 0 saturated heterocycles. The number of rotatable bonds is 2. The zero-order chi connectivity index (χ0) is 8.97. The van der Waals surface area contributed by atoms with Gasteiger partial charge in [-0.2, -0.15) is 0 Å². The molecule has 0 spiro atoms. The molecule has 1 atom stereocenters. The Hall–Kier alpha value is -1.33. The Bertz CT molecular complexity index is 282. The quantitative estimate of drug-likeness (QED) is 0.665. The van der Waals surface area contributed by atoms with Crippen LogP contribution in [0.3, 0.4) is 0 Å². The van der Waals surface area contributed by atoms with Crippen molar-refractivity contribution in [2.24, 2.45) is 5.73 Å². The van der Waals surface area contributed by atoms with Crippen LogP contribution >= 0.6 is 0 Å². The maximum Gasteiger partial charge on any atom is 0.0571 e. The first kappa shape index (κ1) is 8.76. The van der Waals surface area contributed by atoms with Crippen LogP contribution in [-0.4, -0.2) is 4.98 Å². The van der Waals surface area contributed by atoms with Crippen molar-refractivity contribution in [2.75, 3.05) is 0 Å². The van der Waals surface area contributed by atoms with Gasteiger partial charge in [0.1, 0.15) is 0 Å². The molecule has 2 nitrogen and oxygen atoms in total. The van der Waals surface area contributed by atoms with Gasteiger partial charge in [-0.3, -0.25) is 4.98 Å². The Morgan fingerprint density at radius 2 is 2.42 bits per heavy atom. The standard InChI is InChI=1S/C10H12N2/c1-3-8-5-6-10(12-7-8)9(11)4-2/h1,5-7,9H,4,11H2,2H3/t9-/m1/s1. The van der Waals surface area contributed by atoms with Gasteiger partial charge in [-0.1, -0.05) is 12.8 Å². The van der Waals surface area contributed by atoms with Crippen LogP contribution in [0.2, 0.25) is 0 Å². The number of pyridine rings is 1. The molecule has 1 heterocycles. The molecule has 62 valence electrons. The fourth-order valence-corrected chi connectivity index (χ4v) is 0.919. The highest BCUT2D eigenvalue weighted by molar-refractivity contribution is 5.30. The first-order chi connectivity index (χ1) is 5.77. The van der Waals surface area contributed by atoms with E-state index in [9.17, 15) is 0 Å². The van der Waals surface area contributed by atoms with Gasteiger partial charge in [0.2, 0.25) is 0 Å². The van der Waals surface area contributed by atoms with Crippen LogP contribution < -0.4 is 5.73 Å². The van der Waals surface area contributed by atoms with Gasteiger partial charge in [-0.05, 0) is 18.6 Å². The summed E-state index contributed by atoms with van der Waals surface area (Å²) in [6.45, 7) is 2.03. The summed E-state index contributed by atoms with van der Waals surface area (Å²) in [5.74, 6) is 2.51. The second kappa shape index (κ2) is 3.89. The Labute approximate surface area is 72.8 Å². The molecular weight excluding hydrogens is 148 g/mol. The maximum atomic E-state index is 5.77. The van der Waals surface area contributed by atoms with E-state index in [0.717, 1.165) is 17.7 Å². The predicted molar refractivity (Wildman–Crippen MR) is 49.4 cm³/mol. The molecule has 0 aromatic carbocycles. The second-order valence-corrected chi connectivity index (χ2v) is 2.63. The van der Waals surface area contributed by atoms with E-state index in [2.05, 4.69) is 10.9 Å². The number of terminal acetylenes is 1. The first-order valence-electron chi connectivity index (χ1n) is 3.96. The van der Waals surface area contributed by atoms with Crippen molar-refractivity contribution in [1.29, 1.82) is 0 Å². The lowest BCUT2D eigenvalue weighted by atomic mass is 10.1. The number of hydrogen-bond donors (Lipinski definition) is 1. The molecule has 0 bridgehead atoms. The van der Waals surface area contributed by atoms with E-state index in [4.69, 9.17) is 12.2 Å². The van der Waals surface area contributed by atoms with E-state index in [-0.39, 0.29) is 6.04 Å². The number of aromatic nitrogens is 1. The van der Waals surface area contributed by atoms with Gasteiger partial charge < -0.3 is 5.73 Å². The van der Waals surface area contributed by atoms with Crippen molar-refractivity contribution in [2.45, 2.75) is 19.4 Å². The largest absolute Gasteiger partial charge is 0.323 e. The molecule has 0 radical (unpaired) electrons. The molecule has 2 N–H and O–H groups in total. The summed E-state index contributed by atoms with van der Waals surface area (Å²) >= 11 is 0. The van der Waals surface area contributed by atoms with Crippen LogP contribution in [0.4, 0.5) is 0 Å². The van der Waals surface area contributed by atoms with Gasteiger partial charge >= 0.3 is 0 Å². The van der Waals surface area contributed by atoms with Crippen LogP contribution in [0.5, 0.6) is 0 Å². The molecule has 0 fully saturated rings. The average Bonchev–Trinajstić information content (AvgIpc) is 2.17. The molecule has 0 aliphatic carbocycles. The molecular formula is C10H12N2. The minimum Gasteiger partial charge on any atom is -0.323 e. The minimum absolute atomic E-state index is 0.0248. The molecule has 0 aliphatic heterocycles. The molecule has 1 rings (SSSR count). The van der Waals surface area contributed by atoms with Gasteiger partial charge in [0, 0.05) is 17.8 Å². The fraction of sp³-hybridized carbons (Fsp3) is 0.300. The third-order valence-corrected chi connectivity index (χ3v) is 1.77. The van der Waals surface area contributed by atoms with E-state index < -0.39 is 0 Å². The lowest BCUT2D eigenvalue weighted by Crippen LogP contribution is -2.10. The molecule has 0 saturated carbocycles. The topological polar surface area (TPSA) is 38.9 Å². The predicted octanol–water partition coefficient (Wildman–Crippen LogP) is 1.47. The van der Waals surface area contributed by atoms with E-state index in [1.807, 2.05) is 19.1 Å². The van der Waals surface area contributed by atoms with Gasteiger partial charge in [-0.15, -0.1) is 6.42 Å². The highest BCUT2D eigenvalue weighted by atomic mass is 14.8. The van der Waals surface area contributed by atoms with E-state index >= 15 is 0 Å². The average molecular weight is 160 g/mol. The van der Waals surface area contributed by atoms with Crippen LogP contribution in [-0.2, 0) is 0 Å². The third kappa shape index (κ3) is 1.84. The summed E-state index contributed by atoms with van der Waals surface area (Å²) in [5, 5.41) is 0. The van der Waals surface area contributed by atoms with Gasteiger partial charge in [-0.25, -0.2) is 0 Å². The number of nitrogens with zero attached hydrogens (tertiary/aromatic N) is 1. The summed E-state index contributed by atoms with van der Waals surface area (Å²) < 4.78 is 0. The van der Waals surface area contributed by atoms with Gasteiger partial charge in [0.25, 0.3) is 0 Å². The number of hydrogen-bond acceptors (Lipinski definition) is 2. The van der Waals surface area contributed by atoms with Crippen molar-refractivity contribution >= 4 is 0 Å². The number of nitrogens with two attached hydrogens (primary N) is 1. The zero-order valence-electron chi connectivity index (χ0n) is 7.12. The van der Waals surface area contributed by atoms with Crippen molar-refractivity contribution in [3.05, 3.63) is 29.6 Å². The molecule has 0 aliphatic rings. The smallest absolute Gasteiger partial charge is 0.0571 e. The van der Waals surface area contributed by atoms with Gasteiger partial charge in [0.05, 0.1) is 5.69 Å². The Kier molecular flexibility index (Phi) is 2.84. The second-order valence-electron chi connectivity index (χ2n) is 2.63. The minimum atomic E-state index is 0.0248. The third-order valence-electron chi connectivity index (χ3n) is 1.77. The molecule has 2 heteroatoms. The molecule has 1 aromatic rings. The lowest BCUT2D eigenvalue weighted by Gasteiger charge is -2.06. The summed E-state index contributed by atoms with van der Waals surface area (Å²) in [6, 6.07) is 3.76. The molecule has 0 amide bonds. The van der Waals surface area contributed by atoms with Gasteiger partial charge in [0.15, 0.2) is 0 Å². The molecule has 0 unspecified atom stereocenters. The normalized spacial score (nSPS) is 12.1. The maximum absolute atomic E-state index is 5.77. The van der Waals surface area contributed by atoms with Crippen molar-refractivity contribution < 1.29 is 0 Å². The molecule has 1 aromatic heterocycles. The fourth-order valence-electron chi connectivity index (χ4n) is 0.919. The Morgan fingerprint density at radius 1 is 1.67 bits per heavy atom. The Balaban J connectivity index is 2.86. The van der Waals surface area contributed by atoms with Crippen LogP contribution in [0.1, 0.15) is 30.6 Å². The van der Waals surface area contributed by atoms with Crippen molar-refractivity contribution in [3.8, 4) is 12.3 Å². The van der Waals surface area contributed by atoms with Crippen LogP contribution in [0.25, 0.3) is 0 Å². The monoisotopic (exact) mass is 160 g/mol. The lowest BCUT2D eigenvalue weighted by molar-refractivity contribution is 0.675. The highest BCUT2D eigenvalue weighted by Crippen LogP contribution is 2.10. The summed E-state index contributed by atoms with van der Waals surface area (Å²) in [5.41, 5.74) is 7.46. The van der Waals surface area contributed by atoms with E-state index in [1.165, 1.54) is 0 Å². The molecule has 12 heavy (non-hydrogen) atoms. The summed E-state index contributed by atoms with van der Waals surface area (Å²) in [6.07, 6.45) is 7.75. The van der Waals surface area contributed by atoms with Crippen molar-refractivity contribution in [1.82, 2.24) is 4.98 Å². The highest BCUT2D eigenvalue weighted by Gasteiger charge is 2.02. The van der Waals surface area contributed by atoms with E-state index in [1.54, 1.807) is 6.20 Å². The first-order valence-corrected chi connectivity index (χ1v) is 3.96. The SMILES string of the molecule is C#Cc1ccc([C@H](N)CC)nc1. The van der Waals surface area contributed by atoms with Crippen LogP contribution in [0.15, 0.2) is 18.3 Å². The van der Waals surface area contributed by atoms with Crippen molar-refractivity contribution in [3.63, 3.8) is 0 Å².